The van der Waals surface area contributed by atoms with Gasteiger partial charge in [0.2, 0.25) is 0 Å². The van der Waals surface area contributed by atoms with E-state index in [2.05, 4.69) is 17.2 Å². The molecule has 5 nitrogen and oxygen atoms in total. The van der Waals surface area contributed by atoms with Crippen molar-refractivity contribution in [2.24, 2.45) is 0 Å². The Balaban J connectivity index is 1.86. The largest absolute Gasteiger partial charge is 0.378 e. The van der Waals surface area contributed by atoms with Gasteiger partial charge >= 0.3 is 6.03 Å². The maximum Gasteiger partial charge on any atom is 0.324 e. The molecule has 0 bridgehead atoms. The van der Waals surface area contributed by atoms with Gasteiger partial charge in [-0.1, -0.05) is 5.57 Å². The van der Waals surface area contributed by atoms with Crippen LogP contribution in [0, 0.1) is 0 Å². The van der Waals surface area contributed by atoms with Crippen molar-refractivity contribution in [2.75, 3.05) is 6.54 Å². The van der Waals surface area contributed by atoms with Crippen molar-refractivity contribution < 1.29 is 9.59 Å². The maximum absolute atomic E-state index is 12.1. The highest BCUT2D eigenvalue weighted by molar-refractivity contribution is 6.01. The Hall–Kier alpha value is -1.78. The number of carbonyl (C=O) groups excluding carboxylic acids is 2. The smallest absolute Gasteiger partial charge is 0.324 e. The number of fused-ring (bicyclic) bond motifs is 1. The summed E-state index contributed by atoms with van der Waals surface area (Å²) < 4.78 is 0. The summed E-state index contributed by atoms with van der Waals surface area (Å²) in [5.74, 6) is -0.135. The summed E-state index contributed by atoms with van der Waals surface area (Å²) in [4.78, 5) is 25.2. The molecule has 3 amide bonds. The summed E-state index contributed by atoms with van der Waals surface area (Å²) in [5.41, 5.74) is 1.13. The quantitative estimate of drug-likeness (QED) is 0.567. The van der Waals surface area contributed by atoms with Crippen LogP contribution < -0.4 is 10.6 Å². The Morgan fingerprint density at radius 2 is 2.22 bits per heavy atom. The summed E-state index contributed by atoms with van der Waals surface area (Å²) in [6.45, 7) is 6.29. The minimum Gasteiger partial charge on any atom is -0.378 e. The molecule has 1 saturated heterocycles. The van der Waals surface area contributed by atoms with Gasteiger partial charge in [-0.2, -0.15) is 0 Å². The molecule has 18 heavy (non-hydrogen) atoms. The van der Waals surface area contributed by atoms with Crippen LogP contribution in [-0.2, 0) is 4.79 Å². The Morgan fingerprint density at radius 3 is 2.94 bits per heavy atom. The molecule has 2 aliphatic rings. The van der Waals surface area contributed by atoms with Crippen LogP contribution in [0.3, 0.4) is 0 Å². The fraction of sp³-hybridized carbons (Fsp3) is 0.538. The number of hydrogen-bond acceptors (Lipinski definition) is 3. The lowest BCUT2D eigenvalue weighted by molar-refractivity contribution is -0.131. The predicted molar refractivity (Wildman–Crippen MR) is 68.8 cm³/mol. The lowest BCUT2D eigenvalue weighted by atomic mass is 10.1. The van der Waals surface area contributed by atoms with Gasteiger partial charge in [-0.3, -0.25) is 9.69 Å². The van der Waals surface area contributed by atoms with Crippen molar-refractivity contribution >= 4 is 11.9 Å². The molecule has 1 fully saturated rings. The van der Waals surface area contributed by atoms with Gasteiger partial charge in [0, 0.05) is 6.54 Å². The van der Waals surface area contributed by atoms with Crippen LogP contribution in [0.5, 0.6) is 0 Å². The molecule has 0 aromatic carbocycles. The second-order valence-corrected chi connectivity index (χ2v) is 4.88. The highest BCUT2D eigenvalue weighted by atomic mass is 16.2. The van der Waals surface area contributed by atoms with E-state index in [9.17, 15) is 9.59 Å². The van der Waals surface area contributed by atoms with Gasteiger partial charge in [0.15, 0.2) is 0 Å². The van der Waals surface area contributed by atoms with E-state index < -0.39 is 0 Å². The summed E-state index contributed by atoms with van der Waals surface area (Å²) in [6, 6.07) is -0.814. The molecular formula is C13H19N3O2. The standard InChI is InChI=1S/C13H19N3O2/c1-9(2)5-3-4-8-16-12(17)11-10(6-7-14-11)15-13(16)18/h6-7,10-11,14H,1,3-5,8H2,2H3,(H,15,18). The summed E-state index contributed by atoms with van der Waals surface area (Å²) in [5, 5.41) is 5.77. The third-order valence-corrected chi connectivity index (χ3v) is 3.24. The summed E-state index contributed by atoms with van der Waals surface area (Å²) >= 11 is 0. The predicted octanol–water partition coefficient (Wildman–Crippen LogP) is 1.14. The van der Waals surface area contributed by atoms with Crippen LogP contribution in [0.2, 0.25) is 0 Å². The van der Waals surface area contributed by atoms with Crippen LogP contribution in [0.1, 0.15) is 26.2 Å². The molecule has 2 atom stereocenters. The van der Waals surface area contributed by atoms with Crippen molar-refractivity contribution in [1.29, 1.82) is 0 Å². The number of unbranched alkanes of at least 4 members (excludes halogenated alkanes) is 1. The molecule has 5 heteroatoms. The van der Waals surface area contributed by atoms with Crippen molar-refractivity contribution in [3.63, 3.8) is 0 Å². The highest BCUT2D eigenvalue weighted by Crippen LogP contribution is 2.15. The first-order chi connectivity index (χ1) is 8.59. The number of rotatable bonds is 5. The summed E-state index contributed by atoms with van der Waals surface area (Å²) in [6.07, 6.45) is 6.23. The monoisotopic (exact) mass is 249 g/mol. The van der Waals surface area contributed by atoms with E-state index >= 15 is 0 Å². The third-order valence-electron chi connectivity index (χ3n) is 3.24. The van der Waals surface area contributed by atoms with Gasteiger partial charge in [-0.15, -0.1) is 6.58 Å². The van der Waals surface area contributed by atoms with Crippen molar-refractivity contribution in [3.8, 4) is 0 Å². The Bertz CT molecular complexity index is 403. The highest BCUT2D eigenvalue weighted by Gasteiger charge is 2.41. The number of nitrogens with one attached hydrogen (secondary N) is 2. The molecule has 98 valence electrons. The van der Waals surface area contributed by atoms with E-state index in [1.807, 2.05) is 6.92 Å². The van der Waals surface area contributed by atoms with Crippen molar-refractivity contribution in [3.05, 3.63) is 24.4 Å². The van der Waals surface area contributed by atoms with Gasteiger partial charge in [-0.05, 0) is 38.5 Å². The van der Waals surface area contributed by atoms with E-state index in [0.29, 0.717) is 6.54 Å². The first kappa shape index (κ1) is 12.7. The summed E-state index contributed by atoms with van der Waals surface area (Å²) in [7, 11) is 0. The van der Waals surface area contributed by atoms with Crippen LogP contribution >= 0.6 is 0 Å². The van der Waals surface area contributed by atoms with Gasteiger partial charge in [-0.25, -0.2) is 4.79 Å². The lowest BCUT2D eigenvalue weighted by Crippen LogP contribution is -2.63. The maximum atomic E-state index is 12.1. The fourth-order valence-electron chi connectivity index (χ4n) is 2.23. The number of imide groups is 1. The Labute approximate surface area is 107 Å². The Kier molecular flexibility index (Phi) is 3.69. The number of hydrogen-bond donors (Lipinski definition) is 2. The lowest BCUT2D eigenvalue weighted by Gasteiger charge is -2.33. The third kappa shape index (κ3) is 2.55. The number of amides is 3. The van der Waals surface area contributed by atoms with Crippen molar-refractivity contribution in [2.45, 2.75) is 38.3 Å². The topological polar surface area (TPSA) is 61.4 Å². The zero-order valence-electron chi connectivity index (χ0n) is 10.6. The molecule has 0 aromatic rings. The molecule has 2 heterocycles. The Morgan fingerprint density at radius 1 is 1.44 bits per heavy atom. The molecule has 0 radical (unpaired) electrons. The molecule has 2 unspecified atom stereocenters. The molecule has 0 saturated carbocycles. The van der Waals surface area contributed by atoms with E-state index in [4.69, 9.17) is 0 Å². The van der Waals surface area contributed by atoms with Gasteiger partial charge < -0.3 is 10.6 Å². The van der Waals surface area contributed by atoms with Gasteiger partial charge in [0.05, 0.1) is 6.04 Å². The molecule has 0 spiro atoms. The number of nitrogens with zero attached hydrogens (tertiary/aromatic N) is 1. The molecule has 2 aliphatic heterocycles. The van der Waals surface area contributed by atoms with Crippen LogP contribution in [0.4, 0.5) is 4.79 Å². The minimum absolute atomic E-state index is 0.135. The number of carbonyl (C=O) groups is 2. The normalized spacial score (nSPS) is 25.7. The molecule has 2 rings (SSSR count). The van der Waals surface area contributed by atoms with E-state index in [1.54, 1.807) is 12.3 Å². The van der Waals surface area contributed by atoms with Crippen LogP contribution in [0.25, 0.3) is 0 Å². The van der Waals surface area contributed by atoms with E-state index in [1.165, 1.54) is 4.90 Å². The average Bonchev–Trinajstić information content (AvgIpc) is 2.75. The molecule has 0 aliphatic carbocycles. The van der Waals surface area contributed by atoms with Gasteiger partial charge in [0.25, 0.3) is 5.91 Å². The first-order valence-corrected chi connectivity index (χ1v) is 6.28. The van der Waals surface area contributed by atoms with Gasteiger partial charge in [0.1, 0.15) is 6.04 Å². The second kappa shape index (κ2) is 5.25. The average molecular weight is 249 g/mol. The van der Waals surface area contributed by atoms with E-state index in [-0.39, 0.29) is 24.0 Å². The zero-order valence-corrected chi connectivity index (χ0v) is 10.6. The number of urea groups is 1. The first-order valence-electron chi connectivity index (χ1n) is 6.28. The molecule has 0 aromatic heterocycles. The fourth-order valence-corrected chi connectivity index (χ4v) is 2.23. The minimum atomic E-state index is -0.330. The van der Waals surface area contributed by atoms with Crippen LogP contribution in [-0.4, -0.2) is 35.5 Å². The van der Waals surface area contributed by atoms with Crippen molar-refractivity contribution in [1.82, 2.24) is 15.5 Å². The van der Waals surface area contributed by atoms with Crippen LogP contribution in [0.15, 0.2) is 24.4 Å². The van der Waals surface area contributed by atoms with E-state index in [0.717, 1.165) is 24.8 Å². The second-order valence-electron chi connectivity index (χ2n) is 4.88. The number of allylic oxidation sites excluding steroid dienone is 1. The SMILES string of the molecule is C=C(C)CCCCN1C(=O)NC2C=CNC2C1=O. The molecular weight excluding hydrogens is 230 g/mol. The molecule has 2 N–H and O–H groups in total. The zero-order chi connectivity index (χ0) is 13.1.